The van der Waals surface area contributed by atoms with E-state index in [4.69, 9.17) is 4.74 Å². The van der Waals surface area contributed by atoms with Gasteiger partial charge in [0, 0.05) is 5.56 Å². The number of carbonyl (C=O) groups is 2. The minimum Gasteiger partial charge on any atom is -0.454 e. The lowest BCUT2D eigenvalue weighted by atomic mass is 10.1. The van der Waals surface area contributed by atoms with Crippen LogP contribution in [-0.4, -0.2) is 12.3 Å². The van der Waals surface area contributed by atoms with E-state index < -0.39 is 5.97 Å². The topological polar surface area (TPSA) is 43.4 Å². The smallest absolute Gasteiger partial charge is 0.339 e. The summed E-state index contributed by atoms with van der Waals surface area (Å²) in [4.78, 5) is 22.9. The quantitative estimate of drug-likeness (QED) is 0.620. The Balaban J connectivity index is 2.15. The Hall–Kier alpha value is -2.42. The average molecular weight is 254 g/mol. The van der Waals surface area contributed by atoms with Gasteiger partial charge < -0.3 is 4.74 Å². The maximum Gasteiger partial charge on any atom is 0.339 e. The molecule has 2 aromatic rings. The van der Waals surface area contributed by atoms with E-state index in [0.717, 1.165) is 5.56 Å². The first-order valence-corrected chi connectivity index (χ1v) is 6.02. The second-order valence-electron chi connectivity index (χ2n) is 4.16. The van der Waals surface area contributed by atoms with Crippen molar-refractivity contribution in [2.24, 2.45) is 0 Å². The Kier molecular flexibility index (Phi) is 4.08. The molecule has 19 heavy (non-hydrogen) atoms. The van der Waals surface area contributed by atoms with Crippen LogP contribution in [-0.2, 0) is 4.74 Å². The van der Waals surface area contributed by atoms with Gasteiger partial charge in [-0.2, -0.15) is 0 Å². The Morgan fingerprint density at radius 2 is 1.68 bits per heavy atom. The summed E-state index contributed by atoms with van der Waals surface area (Å²) >= 11 is 0. The maximum atomic E-state index is 12.0. The number of ether oxygens (including phenoxy) is 1. The number of aldehydes is 1. The average Bonchev–Trinajstić information content (AvgIpc) is 2.48. The van der Waals surface area contributed by atoms with Crippen LogP contribution in [0.4, 0.5) is 0 Å². The number of benzene rings is 2. The van der Waals surface area contributed by atoms with E-state index in [2.05, 4.69) is 0 Å². The van der Waals surface area contributed by atoms with Crippen molar-refractivity contribution < 1.29 is 14.3 Å². The predicted molar refractivity (Wildman–Crippen MR) is 72.1 cm³/mol. The largest absolute Gasteiger partial charge is 0.454 e. The van der Waals surface area contributed by atoms with E-state index in [-0.39, 0.29) is 6.10 Å². The molecule has 0 spiro atoms. The van der Waals surface area contributed by atoms with Crippen molar-refractivity contribution in [3.05, 3.63) is 71.3 Å². The van der Waals surface area contributed by atoms with Gasteiger partial charge in [0.15, 0.2) is 6.29 Å². The summed E-state index contributed by atoms with van der Waals surface area (Å²) in [5, 5.41) is 0. The highest BCUT2D eigenvalue weighted by molar-refractivity contribution is 5.98. The van der Waals surface area contributed by atoms with Gasteiger partial charge >= 0.3 is 5.97 Å². The minimum atomic E-state index is -0.487. The molecule has 0 amide bonds. The molecule has 0 bridgehead atoms. The molecule has 0 aliphatic carbocycles. The van der Waals surface area contributed by atoms with Gasteiger partial charge in [-0.25, -0.2) is 4.79 Å². The van der Waals surface area contributed by atoms with Crippen molar-refractivity contribution in [3.63, 3.8) is 0 Å². The van der Waals surface area contributed by atoms with E-state index in [1.807, 2.05) is 30.3 Å². The summed E-state index contributed by atoms with van der Waals surface area (Å²) in [6, 6.07) is 16.1. The van der Waals surface area contributed by atoms with Gasteiger partial charge in [-0.05, 0) is 18.6 Å². The SMILES string of the molecule is CC(OC(=O)c1ccccc1C=O)c1ccccc1. The fourth-order valence-corrected chi connectivity index (χ4v) is 1.80. The van der Waals surface area contributed by atoms with Crippen LogP contribution >= 0.6 is 0 Å². The van der Waals surface area contributed by atoms with Gasteiger partial charge in [0.1, 0.15) is 6.10 Å². The van der Waals surface area contributed by atoms with Crippen LogP contribution in [0.1, 0.15) is 39.3 Å². The number of rotatable bonds is 4. The third-order valence-electron chi connectivity index (χ3n) is 2.86. The second-order valence-corrected chi connectivity index (χ2v) is 4.16. The normalized spacial score (nSPS) is 11.6. The molecule has 0 radical (unpaired) electrons. The van der Waals surface area contributed by atoms with Gasteiger partial charge in [0.2, 0.25) is 0 Å². The lowest BCUT2D eigenvalue weighted by molar-refractivity contribution is 0.0336. The first-order chi connectivity index (χ1) is 9.22. The van der Waals surface area contributed by atoms with Crippen molar-refractivity contribution >= 4 is 12.3 Å². The van der Waals surface area contributed by atoms with E-state index in [1.165, 1.54) is 0 Å². The number of hydrogen-bond acceptors (Lipinski definition) is 3. The van der Waals surface area contributed by atoms with Gasteiger partial charge in [-0.15, -0.1) is 0 Å². The predicted octanol–water partition coefficient (Wildman–Crippen LogP) is 3.42. The summed E-state index contributed by atoms with van der Waals surface area (Å²) in [6.07, 6.45) is 0.303. The summed E-state index contributed by atoms with van der Waals surface area (Å²) in [5.74, 6) is -0.487. The highest BCUT2D eigenvalue weighted by atomic mass is 16.5. The number of carbonyl (C=O) groups excluding carboxylic acids is 2. The molecule has 0 fully saturated rings. The van der Waals surface area contributed by atoms with Crippen LogP contribution in [0.3, 0.4) is 0 Å². The lowest BCUT2D eigenvalue weighted by Gasteiger charge is -2.14. The zero-order chi connectivity index (χ0) is 13.7. The van der Waals surface area contributed by atoms with E-state index in [0.29, 0.717) is 17.4 Å². The third-order valence-corrected chi connectivity index (χ3v) is 2.86. The fraction of sp³-hybridized carbons (Fsp3) is 0.125. The third kappa shape index (κ3) is 3.07. The summed E-state index contributed by atoms with van der Waals surface area (Å²) in [6.45, 7) is 1.80. The Morgan fingerprint density at radius 3 is 2.37 bits per heavy atom. The molecule has 0 saturated carbocycles. The molecular formula is C16H14O3. The monoisotopic (exact) mass is 254 g/mol. The van der Waals surface area contributed by atoms with Crippen LogP contribution in [0.15, 0.2) is 54.6 Å². The number of esters is 1. The molecule has 0 N–H and O–H groups in total. The Bertz CT molecular complexity index is 576. The molecule has 0 heterocycles. The molecule has 96 valence electrons. The van der Waals surface area contributed by atoms with Gasteiger partial charge in [0.05, 0.1) is 5.56 Å². The summed E-state index contributed by atoms with van der Waals surface area (Å²) in [5.41, 5.74) is 1.55. The van der Waals surface area contributed by atoms with Crippen molar-refractivity contribution in [2.45, 2.75) is 13.0 Å². The van der Waals surface area contributed by atoms with Crippen LogP contribution in [0.5, 0.6) is 0 Å². The zero-order valence-corrected chi connectivity index (χ0v) is 10.6. The van der Waals surface area contributed by atoms with Crippen LogP contribution < -0.4 is 0 Å². The van der Waals surface area contributed by atoms with Crippen molar-refractivity contribution in [3.8, 4) is 0 Å². The first kappa shape index (κ1) is 13.0. The van der Waals surface area contributed by atoms with Crippen molar-refractivity contribution in [1.29, 1.82) is 0 Å². The van der Waals surface area contributed by atoms with Crippen LogP contribution in [0, 0.1) is 0 Å². The van der Waals surface area contributed by atoms with Gasteiger partial charge in [0.25, 0.3) is 0 Å². The molecule has 3 heteroatoms. The first-order valence-electron chi connectivity index (χ1n) is 6.02. The van der Waals surface area contributed by atoms with E-state index >= 15 is 0 Å². The van der Waals surface area contributed by atoms with Gasteiger partial charge in [-0.1, -0.05) is 48.5 Å². The molecule has 1 unspecified atom stereocenters. The van der Waals surface area contributed by atoms with Crippen molar-refractivity contribution in [2.75, 3.05) is 0 Å². The fourth-order valence-electron chi connectivity index (χ4n) is 1.80. The molecule has 0 aromatic heterocycles. The van der Waals surface area contributed by atoms with E-state index in [9.17, 15) is 9.59 Å². The van der Waals surface area contributed by atoms with E-state index in [1.54, 1.807) is 31.2 Å². The van der Waals surface area contributed by atoms with Gasteiger partial charge in [-0.3, -0.25) is 4.79 Å². The summed E-state index contributed by atoms with van der Waals surface area (Å²) in [7, 11) is 0. The molecule has 0 saturated heterocycles. The molecule has 3 nitrogen and oxygen atoms in total. The zero-order valence-electron chi connectivity index (χ0n) is 10.6. The summed E-state index contributed by atoms with van der Waals surface area (Å²) < 4.78 is 5.37. The Morgan fingerprint density at radius 1 is 1.05 bits per heavy atom. The standard InChI is InChI=1S/C16H14O3/c1-12(13-7-3-2-4-8-13)19-16(18)15-10-6-5-9-14(15)11-17/h2-12H,1H3. The Labute approximate surface area is 111 Å². The molecular weight excluding hydrogens is 240 g/mol. The molecule has 1 atom stereocenters. The molecule has 0 aliphatic heterocycles. The van der Waals surface area contributed by atoms with Crippen LogP contribution in [0.2, 0.25) is 0 Å². The second kappa shape index (κ2) is 5.96. The molecule has 2 rings (SSSR count). The maximum absolute atomic E-state index is 12.0. The van der Waals surface area contributed by atoms with Crippen LogP contribution in [0.25, 0.3) is 0 Å². The number of hydrogen-bond donors (Lipinski definition) is 0. The molecule has 2 aromatic carbocycles. The lowest BCUT2D eigenvalue weighted by Crippen LogP contribution is -2.11. The minimum absolute atomic E-state index is 0.292. The highest BCUT2D eigenvalue weighted by Crippen LogP contribution is 2.19. The van der Waals surface area contributed by atoms with Crippen molar-refractivity contribution in [1.82, 2.24) is 0 Å². The molecule has 0 aliphatic rings. The highest BCUT2D eigenvalue weighted by Gasteiger charge is 2.16.